The molecule has 1 unspecified atom stereocenters. The lowest BCUT2D eigenvalue weighted by molar-refractivity contribution is 0.261. The van der Waals surface area contributed by atoms with Crippen LogP contribution < -0.4 is 5.32 Å². The summed E-state index contributed by atoms with van der Waals surface area (Å²) in [6.07, 6.45) is 2.98. The maximum atomic E-state index is 3.99. The number of nitrogens with one attached hydrogen (secondary N) is 1. The van der Waals surface area contributed by atoms with Crippen molar-refractivity contribution in [3.05, 3.63) is 11.9 Å². The maximum Gasteiger partial charge on any atom is 0.0758 e. The van der Waals surface area contributed by atoms with Gasteiger partial charge in [0.15, 0.2) is 0 Å². The summed E-state index contributed by atoms with van der Waals surface area (Å²) in [7, 11) is 1.94. The SMILES string of the molecule is CCCNC(c1cnnn1C)C(C)(C)C. The zero-order valence-electron chi connectivity index (χ0n) is 10.4. The number of aromatic nitrogens is 3. The second-order valence-electron chi connectivity index (χ2n) is 5.04. The molecule has 4 heteroatoms. The normalized spacial score (nSPS) is 14.2. The van der Waals surface area contributed by atoms with Crippen LogP contribution in [0.4, 0.5) is 0 Å². The predicted molar refractivity (Wildman–Crippen MR) is 61.5 cm³/mol. The quantitative estimate of drug-likeness (QED) is 0.825. The molecule has 0 aromatic carbocycles. The fourth-order valence-electron chi connectivity index (χ4n) is 1.70. The van der Waals surface area contributed by atoms with Crippen LogP contribution in [-0.4, -0.2) is 21.5 Å². The molecule has 0 fully saturated rings. The zero-order valence-corrected chi connectivity index (χ0v) is 10.4. The minimum Gasteiger partial charge on any atom is -0.308 e. The van der Waals surface area contributed by atoms with Gasteiger partial charge in [-0.1, -0.05) is 32.9 Å². The zero-order chi connectivity index (χ0) is 11.5. The van der Waals surface area contributed by atoms with Crippen molar-refractivity contribution in [3.63, 3.8) is 0 Å². The topological polar surface area (TPSA) is 42.7 Å². The lowest BCUT2D eigenvalue weighted by Crippen LogP contribution is -2.34. The molecule has 0 saturated heterocycles. The van der Waals surface area contributed by atoms with Gasteiger partial charge in [0.2, 0.25) is 0 Å². The van der Waals surface area contributed by atoms with Crippen molar-refractivity contribution in [3.8, 4) is 0 Å². The molecule has 0 bridgehead atoms. The van der Waals surface area contributed by atoms with Gasteiger partial charge in [0.25, 0.3) is 0 Å². The van der Waals surface area contributed by atoms with E-state index >= 15 is 0 Å². The van der Waals surface area contributed by atoms with Gasteiger partial charge < -0.3 is 5.32 Å². The average molecular weight is 210 g/mol. The largest absolute Gasteiger partial charge is 0.308 e. The number of nitrogens with zero attached hydrogens (tertiary/aromatic N) is 3. The summed E-state index contributed by atoms with van der Waals surface area (Å²) in [5.74, 6) is 0. The standard InChI is InChI=1S/C11H22N4/c1-6-7-12-10(11(2,3)4)9-8-13-14-15(9)5/h8,10,12H,6-7H2,1-5H3. The highest BCUT2D eigenvalue weighted by Gasteiger charge is 2.28. The summed E-state index contributed by atoms with van der Waals surface area (Å²) in [5, 5.41) is 11.5. The van der Waals surface area contributed by atoms with Crippen molar-refractivity contribution in [2.45, 2.75) is 40.2 Å². The molecule has 0 aliphatic heterocycles. The Kier molecular flexibility index (Phi) is 3.85. The smallest absolute Gasteiger partial charge is 0.0758 e. The monoisotopic (exact) mass is 210 g/mol. The highest BCUT2D eigenvalue weighted by atomic mass is 15.4. The Labute approximate surface area is 92.1 Å². The van der Waals surface area contributed by atoms with E-state index in [1.807, 2.05) is 17.9 Å². The lowest BCUT2D eigenvalue weighted by atomic mass is 9.85. The first-order valence-corrected chi connectivity index (χ1v) is 5.54. The second-order valence-corrected chi connectivity index (χ2v) is 5.04. The Hall–Kier alpha value is -0.900. The van der Waals surface area contributed by atoms with E-state index in [2.05, 4.69) is 43.3 Å². The van der Waals surface area contributed by atoms with Crippen molar-refractivity contribution in [2.75, 3.05) is 6.54 Å². The molecule has 86 valence electrons. The minimum atomic E-state index is 0.171. The number of hydrogen-bond donors (Lipinski definition) is 1. The molecular formula is C11H22N4. The molecule has 4 nitrogen and oxygen atoms in total. The summed E-state index contributed by atoms with van der Waals surface area (Å²) in [6.45, 7) is 9.88. The Bertz CT molecular complexity index is 298. The van der Waals surface area contributed by atoms with Crippen LogP contribution >= 0.6 is 0 Å². The molecule has 1 atom stereocenters. The Morgan fingerprint density at radius 3 is 2.53 bits per heavy atom. The van der Waals surface area contributed by atoms with Crippen LogP contribution in [-0.2, 0) is 7.05 Å². The Balaban J connectivity index is 2.87. The summed E-state index contributed by atoms with van der Waals surface area (Å²) in [5.41, 5.74) is 1.32. The van der Waals surface area contributed by atoms with Crippen LogP contribution in [0.3, 0.4) is 0 Å². The van der Waals surface area contributed by atoms with Crippen LogP contribution in [0.2, 0.25) is 0 Å². The fraction of sp³-hybridized carbons (Fsp3) is 0.818. The molecule has 1 aromatic heterocycles. The van der Waals surface area contributed by atoms with Crippen LogP contribution in [0.15, 0.2) is 6.20 Å². The van der Waals surface area contributed by atoms with E-state index in [1.54, 1.807) is 0 Å². The van der Waals surface area contributed by atoms with Crippen LogP contribution in [0.1, 0.15) is 45.9 Å². The lowest BCUT2D eigenvalue weighted by Gasteiger charge is -2.31. The van der Waals surface area contributed by atoms with Crippen LogP contribution in [0.25, 0.3) is 0 Å². The third-order valence-corrected chi connectivity index (χ3v) is 2.51. The van der Waals surface area contributed by atoms with E-state index in [0.717, 1.165) is 18.7 Å². The van der Waals surface area contributed by atoms with Crippen LogP contribution in [0.5, 0.6) is 0 Å². The van der Waals surface area contributed by atoms with E-state index in [9.17, 15) is 0 Å². The van der Waals surface area contributed by atoms with Crippen molar-refractivity contribution in [1.29, 1.82) is 0 Å². The minimum absolute atomic E-state index is 0.171. The summed E-state index contributed by atoms with van der Waals surface area (Å²) < 4.78 is 1.85. The molecule has 1 heterocycles. The molecular weight excluding hydrogens is 188 g/mol. The number of aryl methyl sites for hydroxylation is 1. The van der Waals surface area contributed by atoms with Gasteiger partial charge >= 0.3 is 0 Å². The molecule has 1 rings (SSSR count). The molecule has 0 spiro atoms. The number of rotatable bonds is 4. The van der Waals surface area contributed by atoms with Gasteiger partial charge in [-0.3, -0.25) is 4.68 Å². The van der Waals surface area contributed by atoms with Crippen molar-refractivity contribution in [1.82, 2.24) is 20.3 Å². The maximum absolute atomic E-state index is 3.99. The van der Waals surface area contributed by atoms with E-state index in [0.29, 0.717) is 6.04 Å². The molecule has 0 radical (unpaired) electrons. The first-order chi connectivity index (χ1) is 6.96. The van der Waals surface area contributed by atoms with E-state index in [4.69, 9.17) is 0 Å². The molecule has 0 aliphatic rings. The summed E-state index contributed by atoms with van der Waals surface area (Å²) in [4.78, 5) is 0. The molecule has 0 amide bonds. The Morgan fingerprint density at radius 2 is 2.13 bits per heavy atom. The van der Waals surface area contributed by atoms with Gasteiger partial charge in [-0.2, -0.15) is 0 Å². The summed E-state index contributed by atoms with van der Waals surface area (Å²) in [6, 6.07) is 0.303. The van der Waals surface area contributed by atoms with Gasteiger partial charge in [-0.25, -0.2) is 0 Å². The highest BCUT2D eigenvalue weighted by Crippen LogP contribution is 2.31. The second kappa shape index (κ2) is 4.75. The molecule has 0 aliphatic carbocycles. The van der Waals surface area contributed by atoms with Crippen LogP contribution in [0, 0.1) is 5.41 Å². The molecule has 1 aromatic rings. The number of hydrogen-bond acceptors (Lipinski definition) is 3. The predicted octanol–water partition coefficient (Wildman–Crippen LogP) is 1.90. The fourth-order valence-corrected chi connectivity index (χ4v) is 1.70. The molecule has 15 heavy (non-hydrogen) atoms. The molecule has 1 N–H and O–H groups in total. The van der Waals surface area contributed by atoms with Crippen molar-refractivity contribution < 1.29 is 0 Å². The van der Waals surface area contributed by atoms with E-state index < -0.39 is 0 Å². The molecule has 0 saturated carbocycles. The van der Waals surface area contributed by atoms with Gasteiger partial charge in [-0.05, 0) is 18.4 Å². The summed E-state index contributed by atoms with van der Waals surface area (Å²) >= 11 is 0. The van der Waals surface area contributed by atoms with Gasteiger partial charge in [0.1, 0.15) is 0 Å². The average Bonchev–Trinajstić information content (AvgIpc) is 2.51. The highest BCUT2D eigenvalue weighted by molar-refractivity contribution is 5.06. The van der Waals surface area contributed by atoms with Crippen molar-refractivity contribution >= 4 is 0 Å². The van der Waals surface area contributed by atoms with Gasteiger partial charge in [0, 0.05) is 7.05 Å². The first kappa shape index (κ1) is 12.2. The van der Waals surface area contributed by atoms with Gasteiger partial charge in [0.05, 0.1) is 17.9 Å². The third kappa shape index (κ3) is 3.02. The van der Waals surface area contributed by atoms with E-state index in [1.165, 1.54) is 0 Å². The first-order valence-electron chi connectivity index (χ1n) is 5.54. The third-order valence-electron chi connectivity index (χ3n) is 2.51. The Morgan fingerprint density at radius 1 is 1.47 bits per heavy atom. The van der Waals surface area contributed by atoms with Crippen molar-refractivity contribution in [2.24, 2.45) is 12.5 Å². The van der Waals surface area contributed by atoms with Gasteiger partial charge in [-0.15, -0.1) is 5.10 Å². The van der Waals surface area contributed by atoms with E-state index in [-0.39, 0.29) is 5.41 Å².